The predicted molar refractivity (Wildman–Crippen MR) is 97.2 cm³/mol. The maximum atomic E-state index is 12.3. The molecule has 0 atom stereocenters. The van der Waals surface area contributed by atoms with Crippen molar-refractivity contribution in [1.29, 1.82) is 0 Å². The number of nitrogens with one attached hydrogen (secondary N) is 1. The molecule has 0 bridgehead atoms. The summed E-state index contributed by atoms with van der Waals surface area (Å²) < 4.78 is 0. The Labute approximate surface area is 146 Å². The van der Waals surface area contributed by atoms with E-state index in [4.69, 9.17) is 11.6 Å². The van der Waals surface area contributed by atoms with Gasteiger partial charge in [-0.15, -0.1) is 0 Å². The van der Waals surface area contributed by atoms with Gasteiger partial charge in [0.15, 0.2) is 0 Å². The van der Waals surface area contributed by atoms with Gasteiger partial charge in [0.05, 0.1) is 5.56 Å². The second-order valence-electron chi connectivity index (χ2n) is 5.43. The molecule has 4 heteroatoms. The molecule has 3 nitrogen and oxygen atoms in total. The summed E-state index contributed by atoms with van der Waals surface area (Å²) in [6, 6.07) is 19.4. The molecule has 0 aliphatic rings. The summed E-state index contributed by atoms with van der Waals surface area (Å²) in [6.45, 7) is 0.583. The van der Waals surface area contributed by atoms with Crippen molar-refractivity contribution in [3.05, 3.63) is 89.2 Å². The van der Waals surface area contributed by atoms with Crippen molar-refractivity contribution in [3.63, 3.8) is 0 Å². The lowest BCUT2D eigenvalue weighted by Crippen LogP contribution is -2.25. The van der Waals surface area contributed by atoms with Gasteiger partial charge >= 0.3 is 0 Å². The number of rotatable bonds is 5. The van der Waals surface area contributed by atoms with E-state index in [-0.39, 0.29) is 5.91 Å². The molecule has 0 aliphatic carbocycles. The van der Waals surface area contributed by atoms with Crippen LogP contribution in [0.1, 0.15) is 15.9 Å². The van der Waals surface area contributed by atoms with Crippen molar-refractivity contribution in [2.24, 2.45) is 0 Å². The largest absolute Gasteiger partial charge is 0.352 e. The van der Waals surface area contributed by atoms with E-state index in [0.717, 1.165) is 17.5 Å². The normalized spacial score (nSPS) is 10.4. The van der Waals surface area contributed by atoms with Gasteiger partial charge in [-0.05, 0) is 24.1 Å². The third-order valence-corrected chi connectivity index (χ3v) is 4.06. The van der Waals surface area contributed by atoms with Crippen LogP contribution in [0.5, 0.6) is 0 Å². The highest BCUT2D eigenvalue weighted by atomic mass is 35.5. The van der Waals surface area contributed by atoms with Gasteiger partial charge in [0.2, 0.25) is 0 Å². The number of carbonyl (C=O) groups is 1. The number of aromatic nitrogens is 1. The topological polar surface area (TPSA) is 42.0 Å². The summed E-state index contributed by atoms with van der Waals surface area (Å²) in [6.07, 6.45) is 4.07. The number of carbonyl (C=O) groups excluding carboxylic acids is 1. The Hall–Kier alpha value is -2.65. The lowest BCUT2D eigenvalue weighted by Gasteiger charge is -2.08. The van der Waals surface area contributed by atoms with Gasteiger partial charge in [-0.3, -0.25) is 9.78 Å². The molecule has 3 rings (SSSR count). The van der Waals surface area contributed by atoms with Crippen molar-refractivity contribution in [2.45, 2.75) is 6.42 Å². The van der Waals surface area contributed by atoms with Crippen LogP contribution in [0.4, 0.5) is 0 Å². The standard InChI is InChI=1S/C20H17ClN2O/c21-19-9-5-4-8-18(19)16-12-17(14-22-13-16)20(24)23-11-10-15-6-2-1-3-7-15/h1-9,12-14H,10-11H2,(H,23,24). The van der Waals surface area contributed by atoms with Crippen molar-refractivity contribution in [3.8, 4) is 11.1 Å². The Balaban J connectivity index is 1.67. The van der Waals surface area contributed by atoms with Crippen molar-refractivity contribution >= 4 is 17.5 Å². The van der Waals surface area contributed by atoms with Gasteiger partial charge in [0, 0.05) is 35.1 Å². The first-order chi connectivity index (χ1) is 11.7. The van der Waals surface area contributed by atoms with Crippen LogP contribution in [0, 0.1) is 0 Å². The van der Waals surface area contributed by atoms with E-state index >= 15 is 0 Å². The molecule has 2 aromatic carbocycles. The van der Waals surface area contributed by atoms with Gasteiger partial charge in [-0.2, -0.15) is 0 Å². The third kappa shape index (κ3) is 4.00. The Morgan fingerprint density at radius 1 is 1.00 bits per heavy atom. The van der Waals surface area contributed by atoms with E-state index in [1.54, 1.807) is 12.4 Å². The zero-order valence-electron chi connectivity index (χ0n) is 13.1. The minimum atomic E-state index is -0.132. The summed E-state index contributed by atoms with van der Waals surface area (Å²) >= 11 is 6.21. The number of hydrogen-bond donors (Lipinski definition) is 1. The minimum Gasteiger partial charge on any atom is -0.352 e. The fourth-order valence-corrected chi connectivity index (χ4v) is 2.72. The van der Waals surface area contributed by atoms with Crippen LogP contribution in [0.25, 0.3) is 11.1 Å². The van der Waals surface area contributed by atoms with Crippen LogP contribution in [0.15, 0.2) is 73.1 Å². The average Bonchev–Trinajstić information content (AvgIpc) is 2.63. The first-order valence-corrected chi connectivity index (χ1v) is 8.14. The van der Waals surface area contributed by atoms with Crippen LogP contribution >= 0.6 is 11.6 Å². The SMILES string of the molecule is O=C(NCCc1ccccc1)c1cncc(-c2ccccc2Cl)c1. The summed E-state index contributed by atoms with van der Waals surface area (Å²) in [7, 11) is 0. The monoisotopic (exact) mass is 336 g/mol. The number of nitrogens with zero attached hydrogens (tertiary/aromatic N) is 1. The van der Waals surface area contributed by atoms with Crippen molar-refractivity contribution in [1.82, 2.24) is 10.3 Å². The highest BCUT2D eigenvalue weighted by Gasteiger charge is 2.09. The smallest absolute Gasteiger partial charge is 0.252 e. The number of hydrogen-bond acceptors (Lipinski definition) is 2. The number of benzene rings is 2. The zero-order valence-corrected chi connectivity index (χ0v) is 13.8. The maximum absolute atomic E-state index is 12.3. The van der Waals surface area contributed by atoms with E-state index in [9.17, 15) is 4.79 Å². The van der Waals surface area contributed by atoms with E-state index in [2.05, 4.69) is 10.3 Å². The molecule has 0 radical (unpaired) electrons. The van der Waals surface area contributed by atoms with Gasteiger partial charge in [-0.25, -0.2) is 0 Å². The Morgan fingerprint density at radius 2 is 1.75 bits per heavy atom. The fraction of sp³-hybridized carbons (Fsp3) is 0.100. The van der Waals surface area contributed by atoms with E-state index in [1.807, 2.05) is 60.7 Å². The Morgan fingerprint density at radius 3 is 2.54 bits per heavy atom. The third-order valence-electron chi connectivity index (χ3n) is 3.73. The summed E-state index contributed by atoms with van der Waals surface area (Å²) in [5.74, 6) is -0.132. The summed E-state index contributed by atoms with van der Waals surface area (Å²) in [4.78, 5) is 16.5. The number of pyridine rings is 1. The van der Waals surface area contributed by atoms with Crippen LogP contribution in [0.3, 0.4) is 0 Å². The number of halogens is 1. The summed E-state index contributed by atoms with van der Waals surface area (Å²) in [5.41, 5.74) is 3.42. The molecule has 0 fully saturated rings. The first-order valence-electron chi connectivity index (χ1n) is 7.76. The fourth-order valence-electron chi connectivity index (χ4n) is 2.47. The van der Waals surface area contributed by atoms with Crippen molar-refractivity contribution < 1.29 is 4.79 Å². The van der Waals surface area contributed by atoms with Crippen LogP contribution in [0.2, 0.25) is 5.02 Å². The molecular formula is C20H17ClN2O. The maximum Gasteiger partial charge on any atom is 0.252 e. The molecule has 24 heavy (non-hydrogen) atoms. The molecule has 0 aliphatic heterocycles. The van der Waals surface area contributed by atoms with E-state index < -0.39 is 0 Å². The highest BCUT2D eigenvalue weighted by molar-refractivity contribution is 6.33. The molecule has 0 unspecified atom stereocenters. The zero-order chi connectivity index (χ0) is 16.8. The average molecular weight is 337 g/mol. The lowest BCUT2D eigenvalue weighted by molar-refractivity contribution is 0.0954. The van der Waals surface area contributed by atoms with Gasteiger partial charge in [-0.1, -0.05) is 60.1 Å². The molecule has 1 aromatic heterocycles. The molecule has 3 aromatic rings. The first kappa shape index (κ1) is 16.2. The van der Waals surface area contributed by atoms with Crippen molar-refractivity contribution in [2.75, 3.05) is 6.54 Å². The van der Waals surface area contributed by atoms with Gasteiger partial charge < -0.3 is 5.32 Å². The number of amides is 1. The molecule has 120 valence electrons. The second kappa shape index (κ2) is 7.75. The second-order valence-corrected chi connectivity index (χ2v) is 5.84. The molecule has 1 heterocycles. The molecule has 0 saturated heterocycles. The quantitative estimate of drug-likeness (QED) is 0.751. The van der Waals surface area contributed by atoms with Crippen LogP contribution in [-0.2, 0) is 6.42 Å². The van der Waals surface area contributed by atoms with E-state index in [1.165, 1.54) is 5.56 Å². The summed E-state index contributed by atoms with van der Waals surface area (Å²) in [5, 5.41) is 3.57. The van der Waals surface area contributed by atoms with Crippen LogP contribution < -0.4 is 5.32 Å². The van der Waals surface area contributed by atoms with Crippen LogP contribution in [-0.4, -0.2) is 17.4 Å². The molecule has 1 N–H and O–H groups in total. The molecule has 1 amide bonds. The Bertz CT molecular complexity index is 834. The molecule has 0 spiro atoms. The van der Waals surface area contributed by atoms with E-state index in [0.29, 0.717) is 17.1 Å². The molecular weight excluding hydrogens is 320 g/mol. The van der Waals surface area contributed by atoms with Gasteiger partial charge in [0.25, 0.3) is 5.91 Å². The predicted octanol–water partition coefficient (Wildman–Crippen LogP) is 4.37. The Kier molecular flexibility index (Phi) is 5.24. The van der Waals surface area contributed by atoms with Gasteiger partial charge in [0.1, 0.15) is 0 Å². The highest BCUT2D eigenvalue weighted by Crippen LogP contribution is 2.27. The molecule has 0 saturated carbocycles. The lowest BCUT2D eigenvalue weighted by atomic mass is 10.1. The minimum absolute atomic E-state index is 0.132.